The number of halogens is 2. The fourth-order valence-electron chi connectivity index (χ4n) is 2.81. The first kappa shape index (κ1) is 15.6. The van der Waals surface area contributed by atoms with E-state index in [1.807, 2.05) is 0 Å². The summed E-state index contributed by atoms with van der Waals surface area (Å²) in [7, 11) is 1.42. The number of alkyl halides is 1. The molecule has 0 unspecified atom stereocenters. The summed E-state index contributed by atoms with van der Waals surface area (Å²) in [6.07, 6.45) is 2.62. The molecule has 0 bridgehead atoms. The van der Waals surface area contributed by atoms with Crippen molar-refractivity contribution in [2.45, 2.75) is 12.6 Å². The summed E-state index contributed by atoms with van der Waals surface area (Å²) in [6, 6.07) is 8.26. The van der Waals surface area contributed by atoms with Gasteiger partial charge in [-0.05, 0) is 24.6 Å². The number of aromatic nitrogens is 2. The van der Waals surface area contributed by atoms with Gasteiger partial charge < -0.3 is 14.5 Å². The predicted molar refractivity (Wildman–Crippen MR) is 88.8 cm³/mol. The number of imidazole rings is 1. The molecule has 0 saturated heterocycles. The van der Waals surface area contributed by atoms with E-state index in [9.17, 15) is 13.6 Å². The van der Waals surface area contributed by atoms with Gasteiger partial charge >= 0.3 is 0 Å². The topological polar surface area (TPSA) is 55.6 Å². The lowest BCUT2D eigenvalue weighted by Gasteiger charge is -2.09. The molecule has 1 saturated carbocycles. The number of rotatable bonds is 4. The van der Waals surface area contributed by atoms with E-state index in [2.05, 4.69) is 10.3 Å². The molecule has 3 aromatic rings. The molecule has 2 atom stereocenters. The Morgan fingerprint density at radius 3 is 2.84 bits per heavy atom. The molecule has 1 fully saturated rings. The Balaban J connectivity index is 1.67. The lowest BCUT2D eigenvalue weighted by atomic mass is 10.1. The van der Waals surface area contributed by atoms with Crippen molar-refractivity contribution in [3.05, 3.63) is 48.5 Å². The van der Waals surface area contributed by atoms with Crippen molar-refractivity contribution in [2.24, 2.45) is 5.92 Å². The average Bonchev–Trinajstić information content (AvgIpc) is 3.19. The van der Waals surface area contributed by atoms with Gasteiger partial charge in [0.2, 0.25) is 5.91 Å². The highest BCUT2D eigenvalue weighted by Gasteiger charge is 2.43. The number of fused-ring (bicyclic) bond motifs is 1. The number of hydrogen-bond donors (Lipinski definition) is 1. The van der Waals surface area contributed by atoms with Gasteiger partial charge in [-0.15, -0.1) is 0 Å². The highest BCUT2D eigenvalue weighted by molar-refractivity contribution is 5.94. The van der Waals surface area contributed by atoms with Gasteiger partial charge in [-0.2, -0.15) is 0 Å². The van der Waals surface area contributed by atoms with Crippen LogP contribution in [0.5, 0.6) is 5.75 Å². The van der Waals surface area contributed by atoms with Gasteiger partial charge in [-0.25, -0.2) is 13.8 Å². The molecule has 128 valence electrons. The molecule has 5 nitrogen and oxygen atoms in total. The van der Waals surface area contributed by atoms with Crippen LogP contribution in [0.2, 0.25) is 0 Å². The molecule has 1 N–H and O–H groups in total. The molecule has 2 heterocycles. The number of methoxy groups -OCH3 is 1. The van der Waals surface area contributed by atoms with Crippen molar-refractivity contribution in [3.8, 4) is 16.9 Å². The second-order valence-electron chi connectivity index (χ2n) is 5.98. The van der Waals surface area contributed by atoms with Gasteiger partial charge in [-0.1, -0.05) is 12.1 Å². The van der Waals surface area contributed by atoms with Gasteiger partial charge in [0, 0.05) is 17.3 Å². The number of pyridine rings is 1. The van der Waals surface area contributed by atoms with Gasteiger partial charge in [0.25, 0.3) is 0 Å². The summed E-state index contributed by atoms with van der Waals surface area (Å²) in [5, 5.41) is 2.62. The quantitative estimate of drug-likeness (QED) is 0.789. The van der Waals surface area contributed by atoms with Gasteiger partial charge in [0.05, 0.1) is 19.2 Å². The van der Waals surface area contributed by atoms with Crippen LogP contribution >= 0.6 is 0 Å². The Morgan fingerprint density at radius 1 is 1.32 bits per heavy atom. The molecule has 0 aliphatic heterocycles. The Hall–Kier alpha value is -2.96. The van der Waals surface area contributed by atoms with Crippen molar-refractivity contribution in [1.29, 1.82) is 0 Å². The lowest BCUT2D eigenvalue weighted by molar-refractivity contribution is -0.117. The first-order valence-corrected chi connectivity index (χ1v) is 7.83. The number of para-hydroxylation sites is 1. The second kappa shape index (κ2) is 5.84. The third kappa shape index (κ3) is 2.82. The van der Waals surface area contributed by atoms with E-state index < -0.39 is 17.9 Å². The highest BCUT2D eigenvalue weighted by Crippen LogP contribution is 2.35. The van der Waals surface area contributed by atoms with E-state index in [1.54, 1.807) is 41.1 Å². The molecule has 7 heteroatoms. The zero-order chi connectivity index (χ0) is 17.6. The minimum Gasteiger partial charge on any atom is -0.493 e. The molecule has 0 spiro atoms. The SMILES string of the molecule is COc1c(F)cccc1-c1ccc2nc(NC(=O)[C@@H]3C[C@@H]3F)cn2c1. The maximum absolute atomic E-state index is 13.9. The second-order valence-corrected chi connectivity index (χ2v) is 5.98. The average molecular weight is 343 g/mol. The van der Waals surface area contributed by atoms with Crippen molar-refractivity contribution >= 4 is 17.4 Å². The highest BCUT2D eigenvalue weighted by atomic mass is 19.1. The summed E-state index contributed by atoms with van der Waals surface area (Å²) in [5.41, 5.74) is 1.97. The van der Waals surface area contributed by atoms with E-state index in [0.717, 1.165) is 5.56 Å². The molecule has 1 aromatic carbocycles. The first-order chi connectivity index (χ1) is 12.1. The van der Waals surface area contributed by atoms with Crippen LogP contribution < -0.4 is 10.1 Å². The molecule has 0 radical (unpaired) electrons. The lowest BCUT2D eigenvalue weighted by Crippen LogP contribution is -2.15. The van der Waals surface area contributed by atoms with Crippen molar-refractivity contribution < 1.29 is 18.3 Å². The fourth-order valence-corrected chi connectivity index (χ4v) is 2.81. The smallest absolute Gasteiger partial charge is 0.231 e. The van der Waals surface area contributed by atoms with Crippen LogP contribution in [0.15, 0.2) is 42.7 Å². The summed E-state index contributed by atoms with van der Waals surface area (Å²) in [5.74, 6) is -0.852. The number of amides is 1. The van der Waals surface area contributed by atoms with Crippen LogP contribution in [-0.4, -0.2) is 28.6 Å². The molecule has 4 rings (SSSR count). The number of ether oxygens (including phenoxy) is 1. The van der Waals surface area contributed by atoms with Crippen molar-refractivity contribution in [2.75, 3.05) is 12.4 Å². The summed E-state index contributed by atoms with van der Waals surface area (Å²) in [4.78, 5) is 16.1. The van der Waals surface area contributed by atoms with Gasteiger partial charge in [0.15, 0.2) is 17.4 Å². The van der Waals surface area contributed by atoms with E-state index in [0.29, 0.717) is 17.0 Å². The van der Waals surface area contributed by atoms with E-state index in [-0.39, 0.29) is 18.1 Å². The number of nitrogens with one attached hydrogen (secondary N) is 1. The molecule has 1 aliphatic carbocycles. The Morgan fingerprint density at radius 2 is 2.12 bits per heavy atom. The molecule has 2 aromatic heterocycles. The van der Waals surface area contributed by atoms with Crippen molar-refractivity contribution in [3.63, 3.8) is 0 Å². The van der Waals surface area contributed by atoms with E-state index in [1.165, 1.54) is 13.2 Å². The third-order valence-electron chi connectivity index (χ3n) is 4.23. The Kier molecular flexibility index (Phi) is 3.63. The maximum Gasteiger partial charge on any atom is 0.231 e. The maximum atomic E-state index is 13.9. The van der Waals surface area contributed by atoms with E-state index >= 15 is 0 Å². The number of nitrogens with zero attached hydrogens (tertiary/aromatic N) is 2. The van der Waals surface area contributed by atoms with Crippen LogP contribution in [-0.2, 0) is 4.79 Å². The molecular weight excluding hydrogens is 328 g/mol. The molecular formula is C18H15F2N3O2. The van der Waals surface area contributed by atoms with E-state index in [4.69, 9.17) is 4.74 Å². The van der Waals surface area contributed by atoms with Gasteiger partial charge in [0.1, 0.15) is 11.8 Å². The minimum atomic E-state index is -1.05. The Labute approximate surface area is 142 Å². The zero-order valence-electron chi connectivity index (χ0n) is 13.4. The largest absolute Gasteiger partial charge is 0.493 e. The minimum absolute atomic E-state index is 0.165. The molecule has 1 aliphatic rings. The summed E-state index contributed by atoms with van der Waals surface area (Å²) < 4.78 is 33.7. The summed E-state index contributed by atoms with van der Waals surface area (Å²) in [6.45, 7) is 0. The standard InChI is InChI=1S/C18H15F2N3O2/c1-25-17-11(3-2-4-13(17)19)10-5-6-16-21-15(9-23(16)8-10)22-18(24)12-7-14(12)20/h2-6,8-9,12,14H,7H2,1H3,(H,22,24)/t12-,14+/m1/s1. The van der Waals surface area contributed by atoms with Crippen LogP contribution in [0.3, 0.4) is 0 Å². The first-order valence-electron chi connectivity index (χ1n) is 7.83. The predicted octanol–water partition coefficient (Wildman–Crippen LogP) is 3.45. The molecule has 25 heavy (non-hydrogen) atoms. The number of anilines is 1. The summed E-state index contributed by atoms with van der Waals surface area (Å²) >= 11 is 0. The number of hydrogen-bond acceptors (Lipinski definition) is 3. The normalized spacial score (nSPS) is 19.0. The fraction of sp³-hybridized carbons (Fsp3) is 0.222. The van der Waals surface area contributed by atoms with Crippen LogP contribution in [0.1, 0.15) is 6.42 Å². The van der Waals surface area contributed by atoms with Crippen LogP contribution in [0.25, 0.3) is 16.8 Å². The van der Waals surface area contributed by atoms with Crippen LogP contribution in [0, 0.1) is 11.7 Å². The monoisotopic (exact) mass is 343 g/mol. The molecule has 1 amide bonds. The Bertz CT molecular complexity index is 970. The van der Waals surface area contributed by atoms with Crippen molar-refractivity contribution in [1.82, 2.24) is 9.38 Å². The number of benzene rings is 1. The zero-order valence-corrected chi connectivity index (χ0v) is 13.4. The van der Waals surface area contributed by atoms with Gasteiger partial charge in [-0.3, -0.25) is 4.79 Å². The van der Waals surface area contributed by atoms with Crippen LogP contribution in [0.4, 0.5) is 14.6 Å². The number of carbonyl (C=O) groups excluding carboxylic acids is 1. The third-order valence-corrected chi connectivity index (χ3v) is 4.23. The number of carbonyl (C=O) groups is 1.